The lowest BCUT2D eigenvalue weighted by atomic mass is 10.1. The Balaban J connectivity index is 1.51. The van der Waals surface area contributed by atoms with Crippen molar-refractivity contribution in [3.63, 3.8) is 0 Å². The molecule has 1 heterocycles. The second-order valence-corrected chi connectivity index (χ2v) is 8.46. The van der Waals surface area contributed by atoms with Gasteiger partial charge in [-0.05, 0) is 65.7 Å². The number of hydrogen-bond acceptors (Lipinski definition) is 6. The van der Waals surface area contributed by atoms with Crippen molar-refractivity contribution in [1.82, 2.24) is 0 Å². The third kappa shape index (κ3) is 6.11. The molecule has 9 heteroatoms. The molecular weight excluding hydrogens is 513 g/mol. The molecule has 4 rings (SSSR count). The topological polar surface area (TPSA) is 74.2 Å². The molecule has 3 aromatic rings. The van der Waals surface area contributed by atoms with Gasteiger partial charge in [-0.2, -0.15) is 0 Å². The van der Waals surface area contributed by atoms with Crippen LogP contribution in [0.5, 0.6) is 11.5 Å². The molecule has 6 nitrogen and oxygen atoms in total. The summed E-state index contributed by atoms with van der Waals surface area (Å²) in [5.74, 6) is -0.631. The number of hydrogen-bond donors (Lipinski definition) is 0. The van der Waals surface area contributed by atoms with E-state index in [9.17, 15) is 9.59 Å². The highest BCUT2D eigenvalue weighted by atomic mass is 35.5. The molecule has 0 fully saturated rings. The summed E-state index contributed by atoms with van der Waals surface area (Å²) in [6.45, 7) is 0. The molecule has 0 aliphatic carbocycles. The van der Waals surface area contributed by atoms with Crippen molar-refractivity contribution in [2.24, 2.45) is 4.99 Å². The number of cyclic esters (lactones) is 1. The number of ether oxygens (including phenoxy) is 3. The third-order valence-electron chi connectivity index (χ3n) is 4.77. The Morgan fingerprint density at radius 3 is 2.34 bits per heavy atom. The molecule has 0 saturated heterocycles. The molecule has 0 spiro atoms. The summed E-state index contributed by atoms with van der Waals surface area (Å²) < 4.78 is 16.0. The monoisotopic (exact) mass is 527 g/mol. The Hall–Kier alpha value is -3.58. The van der Waals surface area contributed by atoms with Crippen molar-refractivity contribution in [3.8, 4) is 11.5 Å². The first-order chi connectivity index (χ1) is 16.8. The van der Waals surface area contributed by atoms with Gasteiger partial charge < -0.3 is 14.2 Å². The number of nitrogens with zero attached hydrogens (tertiary/aromatic N) is 1. The summed E-state index contributed by atoms with van der Waals surface area (Å²) in [4.78, 5) is 28.8. The highest BCUT2D eigenvalue weighted by molar-refractivity contribution is 6.37. The summed E-state index contributed by atoms with van der Waals surface area (Å²) >= 11 is 18.0. The number of esters is 2. The van der Waals surface area contributed by atoms with E-state index >= 15 is 0 Å². The average Bonchev–Trinajstić information content (AvgIpc) is 3.19. The van der Waals surface area contributed by atoms with E-state index in [1.807, 2.05) is 0 Å². The molecule has 0 radical (unpaired) electrons. The van der Waals surface area contributed by atoms with Gasteiger partial charge >= 0.3 is 11.9 Å². The summed E-state index contributed by atoms with van der Waals surface area (Å²) in [6.07, 6.45) is 4.43. The largest absolute Gasteiger partial charge is 0.493 e. The lowest BCUT2D eigenvalue weighted by Gasteiger charge is -2.08. The predicted molar refractivity (Wildman–Crippen MR) is 136 cm³/mol. The predicted octanol–water partition coefficient (Wildman–Crippen LogP) is 6.62. The van der Waals surface area contributed by atoms with E-state index in [2.05, 4.69) is 4.99 Å². The molecule has 1 aliphatic rings. The Morgan fingerprint density at radius 1 is 0.914 bits per heavy atom. The first kappa shape index (κ1) is 24.5. The molecule has 35 heavy (non-hydrogen) atoms. The molecule has 0 aromatic heterocycles. The van der Waals surface area contributed by atoms with Crippen molar-refractivity contribution in [1.29, 1.82) is 0 Å². The second kappa shape index (κ2) is 10.8. The fourth-order valence-electron chi connectivity index (χ4n) is 3.08. The van der Waals surface area contributed by atoms with E-state index in [0.717, 1.165) is 5.56 Å². The number of halogens is 3. The molecule has 1 aliphatic heterocycles. The van der Waals surface area contributed by atoms with Crippen LogP contribution in [0.2, 0.25) is 15.1 Å². The highest BCUT2D eigenvalue weighted by Crippen LogP contribution is 2.31. The van der Waals surface area contributed by atoms with Gasteiger partial charge in [0.15, 0.2) is 17.2 Å². The number of carbonyl (C=O) groups excluding carboxylic acids is 2. The normalized spacial score (nSPS) is 14.2. The van der Waals surface area contributed by atoms with Crippen molar-refractivity contribution >= 4 is 64.8 Å². The van der Waals surface area contributed by atoms with Gasteiger partial charge in [-0.15, -0.1) is 0 Å². The maximum absolute atomic E-state index is 12.3. The van der Waals surface area contributed by atoms with Gasteiger partial charge in [-0.25, -0.2) is 14.6 Å². The zero-order chi connectivity index (χ0) is 24.9. The molecule has 0 bridgehead atoms. The van der Waals surface area contributed by atoms with Gasteiger partial charge in [0.2, 0.25) is 5.90 Å². The van der Waals surface area contributed by atoms with Crippen molar-refractivity contribution < 1.29 is 23.8 Å². The van der Waals surface area contributed by atoms with Crippen molar-refractivity contribution in [2.75, 3.05) is 7.11 Å². The van der Waals surface area contributed by atoms with E-state index in [4.69, 9.17) is 49.0 Å². The van der Waals surface area contributed by atoms with Crippen molar-refractivity contribution in [3.05, 3.63) is 104 Å². The lowest BCUT2D eigenvalue weighted by Crippen LogP contribution is -2.06. The summed E-state index contributed by atoms with van der Waals surface area (Å²) in [7, 11) is 1.44. The minimum absolute atomic E-state index is 0.0729. The standard InChI is InChI=1S/C26H16Cl3NO5/c1-33-23-13-16(4-10-22(23)34-24(31)11-5-15-2-6-17(27)7-3-15)12-21-26(32)35-25(30-21)19-9-8-18(28)14-20(19)29/h2-14H,1H3/b11-5+,21-12-. The van der Waals surface area contributed by atoms with Gasteiger partial charge in [0.1, 0.15) is 0 Å². The first-order valence-electron chi connectivity index (χ1n) is 10.1. The van der Waals surface area contributed by atoms with Gasteiger partial charge in [0.25, 0.3) is 0 Å². The van der Waals surface area contributed by atoms with Crippen LogP contribution in [0.4, 0.5) is 0 Å². The number of benzene rings is 3. The lowest BCUT2D eigenvalue weighted by molar-refractivity contribution is -0.130. The van der Waals surface area contributed by atoms with Gasteiger partial charge in [0, 0.05) is 16.1 Å². The van der Waals surface area contributed by atoms with Crippen LogP contribution in [0.25, 0.3) is 12.2 Å². The summed E-state index contributed by atoms with van der Waals surface area (Å²) in [5, 5.41) is 1.36. The molecule has 176 valence electrons. The quantitative estimate of drug-likeness (QED) is 0.204. The van der Waals surface area contributed by atoms with Crippen LogP contribution in [-0.2, 0) is 14.3 Å². The molecule has 0 saturated carbocycles. The van der Waals surface area contributed by atoms with Gasteiger partial charge in [-0.3, -0.25) is 0 Å². The molecule has 0 amide bonds. The number of methoxy groups -OCH3 is 1. The van der Waals surface area contributed by atoms with E-state index < -0.39 is 11.9 Å². The van der Waals surface area contributed by atoms with E-state index in [1.165, 1.54) is 25.3 Å². The smallest absolute Gasteiger partial charge is 0.363 e. The van der Waals surface area contributed by atoms with Crippen LogP contribution >= 0.6 is 34.8 Å². The maximum atomic E-state index is 12.3. The summed E-state index contributed by atoms with van der Waals surface area (Å²) in [6, 6.07) is 16.6. The average molecular weight is 529 g/mol. The van der Waals surface area contributed by atoms with Crippen LogP contribution in [-0.4, -0.2) is 24.9 Å². The molecule has 0 atom stereocenters. The van der Waals surface area contributed by atoms with E-state index in [-0.39, 0.29) is 17.3 Å². The van der Waals surface area contributed by atoms with Crippen LogP contribution in [0.15, 0.2) is 77.4 Å². The SMILES string of the molecule is COc1cc(/C=C2\N=C(c3ccc(Cl)cc3Cl)OC2=O)ccc1OC(=O)/C=C/c1ccc(Cl)cc1. The minimum atomic E-state index is -0.632. The first-order valence-corrected chi connectivity index (χ1v) is 11.3. The maximum Gasteiger partial charge on any atom is 0.363 e. The molecular formula is C26H16Cl3NO5. The van der Waals surface area contributed by atoms with E-state index in [0.29, 0.717) is 31.9 Å². The fourth-order valence-corrected chi connectivity index (χ4v) is 3.70. The highest BCUT2D eigenvalue weighted by Gasteiger charge is 2.26. The summed E-state index contributed by atoms with van der Waals surface area (Å²) in [5.41, 5.74) is 1.89. The fraction of sp³-hybridized carbons (Fsp3) is 0.0385. The zero-order valence-corrected chi connectivity index (χ0v) is 20.4. The van der Waals surface area contributed by atoms with E-state index in [1.54, 1.807) is 60.7 Å². The number of aliphatic imine (C=N–C) groups is 1. The molecule has 0 unspecified atom stereocenters. The van der Waals surface area contributed by atoms with Crippen LogP contribution in [0.1, 0.15) is 16.7 Å². The Labute approximate surface area is 216 Å². The number of carbonyl (C=O) groups is 2. The Morgan fingerprint density at radius 2 is 1.63 bits per heavy atom. The molecule has 3 aromatic carbocycles. The van der Waals surface area contributed by atoms with Gasteiger partial charge in [0.05, 0.1) is 17.7 Å². The Bertz CT molecular complexity index is 1390. The minimum Gasteiger partial charge on any atom is -0.493 e. The van der Waals surface area contributed by atoms with Crippen LogP contribution < -0.4 is 9.47 Å². The van der Waals surface area contributed by atoms with Crippen LogP contribution in [0.3, 0.4) is 0 Å². The molecule has 0 N–H and O–H groups in total. The third-order valence-corrected chi connectivity index (χ3v) is 5.57. The van der Waals surface area contributed by atoms with Crippen molar-refractivity contribution in [2.45, 2.75) is 0 Å². The zero-order valence-electron chi connectivity index (χ0n) is 18.1. The van der Waals surface area contributed by atoms with Crippen LogP contribution in [0, 0.1) is 0 Å². The number of rotatable bonds is 6. The second-order valence-electron chi connectivity index (χ2n) is 7.18. The Kier molecular flexibility index (Phi) is 7.56. The van der Waals surface area contributed by atoms with Gasteiger partial charge in [-0.1, -0.05) is 53.0 Å².